The number of benzene rings is 2. The lowest BCUT2D eigenvalue weighted by Gasteiger charge is -2.09. The van der Waals surface area contributed by atoms with E-state index >= 15 is 0 Å². The maximum atomic E-state index is 12.0. The first-order chi connectivity index (χ1) is 13.7. The second-order valence-electron chi connectivity index (χ2n) is 7.29. The quantitative estimate of drug-likeness (QED) is 0.452. The topological polar surface area (TPSA) is 50.4 Å². The SMILES string of the molecule is CCCCCCCCNCc1ccc(OCC(=O)Nc2ccc(C)cc2)cc1. The lowest BCUT2D eigenvalue weighted by atomic mass is 10.1. The van der Waals surface area contributed by atoms with Crippen LogP contribution < -0.4 is 15.4 Å². The van der Waals surface area contributed by atoms with Crippen LogP contribution in [0.5, 0.6) is 5.75 Å². The van der Waals surface area contributed by atoms with Gasteiger partial charge in [-0.1, -0.05) is 68.9 Å². The van der Waals surface area contributed by atoms with Crippen LogP contribution in [0, 0.1) is 6.92 Å². The number of carbonyl (C=O) groups excluding carboxylic acids is 1. The van der Waals surface area contributed by atoms with Gasteiger partial charge in [-0.25, -0.2) is 0 Å². The molecule has 0 atom stereocenters. The van der Waals surface area contributed by atoms with Crippen molar-refractivity contribution in [1.29, 1.82) is 0 Å². The zero-order valence-electron chi connectivity index (χ0n) is 17.3. The van der Waals surface area contributed by atoms with Crippen molar-refractivity contribution in [3.05, 3.63) is 59.7 Å². The molecule has 0 bridgehead atoms. The van der Waals surface area contributed by atoms with Crippen molar-refractivity contribution in [2.75, 3.05) is 18.5 Å². The van der Waals surface area contributed by atoms with E-state index in [0.29, 0.717) is 5.75 Å². The Morgan fingerprint density at radius 3 is 2.29 bits per heavy atom. The highest BCUT2D eigenvalue weighted by atomic mass is 16.5. The molecule has 0 aromatic heterocycles. The average Bonchev–Trinajstić information content (AvgIpc) is 2.71. The largest absolute Gasteiger partial charge is 0.484 e. The van der Waals surface area contributed by atoms with Crippen LogP contribution in [0.3, 0.4) is 0 Å². The van der Waals surface area contributed by atoms with Gasteiger partial charge in [0.1, 0.15) is 5.75 Å². The second-order valence-corrected chi connectivity index (χ2v) is 7.29. The first-order valence-corrected chi connectivity index (χ1v) is 10.5. The summed E-state index contributed by atoms with van der Waals surface area (Å²) in [7, 11) is 0. The molecular weight excluding hydrogens is 348 g/mol. The van der Waals surface area contributed by atoms with Gasteiger partial charge in [0.25, 0.3) is 5.91 Å². The molecule has 0 heterocycles. The molecule has 2 rings (SSSR count). The number of amides is 1. The van der Waals surface area contributed by atoms with E-state index in [1.165, 1.54) is 44.1 Å². The number of nitrogens with one attached hydrogen (secondary N) is 2. The van der Waals surface area contributed by atoms with E-state index in [9.17, 15) is 4.79 Å². The number of anilines is 1. The van der Waals surface area contributed by atoms with E-state index in [-0.39, 0.29) is 12.5 Å². The standard InChI is InChI=1S/C24H34N2O2/c1-3-4-5-6-7-8-17-25-18-21-11-15-23(16-12-21)28-19-24(27)26-22-13-9-20(2)10-14-22/h9-16,25H,3-8,17-19H2,1-2H3,(H,26,27). The van der Waals surface area contributed by atoms with Crippen LogP contribution in [-0.2, 0) is 11.3 Å². The van der Waals surface area contributed by atoms with Gasteiger partial charge >= 0.3 is 0 Å². The van der Waals surface area contributed by atoms with Crippen molar-refractivity contribution in [3.8, 4) is 5.75 Å². The fourth-order valence-electron chi connectivity index (χ4n) is 2.95. The van der Waals surface area contributed by atoms with Crippen molar-refractivity contribution in [2.45, 2.75) is 58.9 Å². The van der Waals surface area contributed by atoms with Gasteiger partial charge in [-0.15, -0.1) is 0 Å². The molecule has 28 heavy (non-hydrogen) atoms. The molecule has 0 unspecified atom stereocenters. The first-order valence-electron chi connectivity index (χ1n) is 10.5. The third-order valence-electron chi connectivity index (χ3n) is 4.66. The zero-order chi connectivity index (χ0) is 20.0. The molecule has 1 amide bonds. The first kappa shape index (κ1) is 22.0. The Hall–Kier alpha value is -2.33. The van der Waals surface area contributed by atoms with Crippen molar-refractivity contribution >= 4 is 11.6 Å². The minimum atomic E-state index is -0.159. The summed E-state index contributed by atoms with van der Waals surface area (Å²) in [6.45, 7) is 6.19. The lowest BCUT2D eigenvalue weighted by molar-refractivity contribution is -0.118. The molecular formula is C24H34N2O2. The molecule has 4 heteroatoms. The third-order valence-corrected chi connectivity index (χ3v) is 4.66. The number of carbonyl (C=O) groups is 1. The van der Waals surface area contributed by atoms with E-state index in [1.54, 1.807) is 0 Å². The highest BCUT2D eigenvalue weighted by molar-refractivity contribution is 5.91. The van der Waals surface area contributed by atoms with Gasteiger partial charge < -0.3 is 15.4 Å². The highest BCUT2D eigenvalue weighted by Crippen LogP contribution is 2.13. The van der Waals surface area contributed by atoms with Crippen LogP contribution >= 0.6 is 0 Å². The monoisotopic (exact) mass is 382 g/mol. The van der Waals surface area contributed by atoms with E-state index in [4.69, 9.17) is 4.74 Å². The third kappa shape index (κ3) is 9.05. The van der Waals surface area contributed by atoms with E-state index < -0.39 is 0 Å². The molecule has 0 fully saturated rings. The van der Waals surface area contributed by atoms with Crippen molar-refractivity contribution in [2.24, 2.45) is 0 Å². The summed E-state index contributed by atoms with van der Waals surface area (Å²) in [5.74, 6) is 0.548. The number of aryl methyl sites for hydroxylation is 1. The maximum absolute atomic E-state index is 12.0. The summed E-state index contributed by atoms with van der Waals surface area (Å²) in [4.78, 5) is 12.0. The number of unbranched alkanes of at least 4 members (excludes halogenated alkanes) is 5. The summed E-state index contributed by atoms with van der Waals surface area (Å²) < 4.78 is 5.58. The lowest BCUT2D eigenvalue weighted by Crippen LogP contribution is -2.20. The predicted molar refractivity (Wildman–Crippen MR) is 117 cm³/mol. The zero-order valence-corrected chi connectivity index (χ0v) is 17.3. The van der Waals surface area contributed by atoms with Crippen molar-refractivity contribution < 1.29 is 9.53 Å². The Balaban J connectivity index is 1.60. The van der Waals surface area contributed by atoms with E-state index in [0.717, 1.165) is 24.3 Å². The molecule has 2 aromatic rings. The van der Waals surface area contributed by atoms with Gasteiger partial charge in [0.15, 0.2) is 6.61 Å². The Labute approximate surface area is 169 Å². The predicted octanol–water partition coefficient (Wildman–Crippen LogP) is 5.46. The highest BCUT2D eigenvalue weighted by Gasteiger charge is 2.04. The molecule has 0 saturated carbocycles. The van der Waals surface area contributed by atoms with Crippen LogP contribution in [0.4, 0.5) is 5.69 Å². The molecule has 0 saturated heterocycles. The molecule has 0 aliphatic heterocycles. The van der Waals surface area contributed by atoms with Gasteiger partial charge in [-0.05, 0) is 49.7 Å². The second kappa shape index (κ2) is 12.9. The Morgan fingerprint density at radius 1 is 0.893 bits per heavy atom. The maximum Gasteiger partial charge on any atom is 0.262 e. The van der Waals surface area contributed by atoms with Crippen LogP contribution in [0.15, 0.2) is 48.5 Å². The molecule has 0 radical (unpaired) electrons. The molecule has 4 nitrogen and oxygen atoms in total. The van der Waals surface area contributed by atoms with Gasteiger partial charge in [-0.3, -0.25) is 4.79 Å². The summed E-state index contributed by atoms with van der Waals surface area (Å²) in [6.07, 6.45) is 7.91. The van der Waals surface area contributed by atoms with Crippen LogP contribution in [0.1, 0.15) is 56.6 Å². The molecule has 152 valence electrons. The smallest absolute Gasteiger partial charge is 0.262 e. The van der Waals surface area contributed by atoms with Crippen LogP contribution in [0.2, 0.25) is 0 Å². The van der Waals surface area contributed by atoms with Gasteiger partial charge in [0.2, 0.25) is 0 Å². The number of rotatable bonds is 13. The molecule has 0 aliphatic carbocycles. The summed E-state index contributed by atoms with van der Waals surface area (Å²) in [6, 6.07) is 15.6. The fraction of sp³-hybridized carbons (Fsp3) is 0.458. The van der Waals surface area contributed by atoms with E-state index in [1.807, 2.05) is 55.5 Å². The minimum absolute atomic E-state index is 0.00348. The summed E-state index contributed by atoms with van der Waals surface area (Å²) >= 11 is 0. The van der Waals surface area contributed by atoms with Gasteiger partial charge in [0.05, 0.1) is 0 Å². The fourth-order valence-corrected chi connectivity index (χ4v) is 2.95. The Morgan fingerprint density at radius 2 is 1.57 bits per heavy atom. The number of hydrogen-bond donors (Lipinski definition) is 2. The minimum Gasteiger partial charge on any atom is -0.484 e. The van der Waals surface area contributed by atoms with Crippen molar-refractivity contribution in [3.63, 3.8) is 0 Å². The summed E-state index contributed by atoms with van der Waals surface area (Å²) in [5.41, 5.74) is 3.17. The summed E-state index contributed by atoms with van der Waals surface area (Å²) in [5, 5.41) is 6.32. The van der Waals surface area contributed by atoms with Crippen LogP contribution in [-0.4, -0.2) is 19.1 Å². The Bertz CT molecular complexity index is 681. The normalized spacial score (nSPS) is 10.6. The van der Waals surface area contributed by atoms with Gasteiger partial charge in [-0.2, -0.15) is 0 Å². The number of ether oxygens (including phenoxy) is 1. The van der Waals surface area contributed by atoms with E-state index in [2.05, 4.69) is 17.6 Å². The molecule has 0 aliphatic rings. The van der Waals surface area contributed by atoms with Crippen molar-refractivity contribution in [1.82, 2.24) is 5.32 Å². The van der Waals surface area contributed by atoms with Crippen LogP contribution in [0.25, 0.3) is 0 Å². The molecule has 2 N–H and O–H groups in total. The molecule has 2 aromatic carbocycles. The average molecular weight is 383 g/mol. The Kier molecular flexibility index (Phi) is 10.2. The molecule has 0 spiro atoms. The van der Waals surface area contributed by atoms with Gasteiger partial charge in [0, 0.05) is 12.2 Å². The number of hydrogen-bond acceptors (Lipinski definition) is 3.